The zero-order valence-corrected chi connectivity index (χ0v) is 12.9. The van der Waals surface area contributed by atoms with Crippen LogP contribution in [0.25, 0.3) is 33.8 Å². The zero-order valence-electron chi connectivity index (χ0n) is 12.9. The van der Waals surface area contributed by atoms with Gasteiger partial charge in [-0.05, 0) is 38.1 Å². The molecule has 0 N–H and O–H groups in total. The van der Waals surface area contributed by atoms with E-state index in [0.717, 1.165) is 27.7 Å². The summed E-state index contributed by atoms with van der Waals surface area (Å²) in [5.74, 6) is 1.04. The number of para-hydroxylation sites is 1. The number of rotatable bonds is 2. The first-order valence-electron chi connectivity index (χ1n) is 7.48. The minimum Gasteiger partial charge on any atom is -0.416 e. The molecule has 0 bridgehead atoms. The summed E-state index contributed by atoms with van der Waals surface area (Å²) in [5, 5.41) is 9.44. The number of hydrogen-bond acceptors (Lipinski definition) is 4. The SMILES string of the molecule is Cc1ccc(-c2nnc(-c3cc(C)nc4ccccc34)o2)cc1. The van der Waals surface area contributed by atoms with Crippen LogP contribution in [0.15, 0.2) is 59.0 Å². The Bertz CT molecular complexity index is 987. The Labute approximate surface area is 133 Å². The first-order valence-corrected chi connectivity index (χ1v) is 7.48. The molecule has 4 nitrogen and oxygen atoms in total. The molecule has 0 unspecified atom stereocenters. The normalized spacial score (nSPS) is 11.0. The van der Waals surface area contributed by atoms with E-state index >= 15 is 0 Å². The molecular weight excluding hydrogens is 286 g/mol. The maximum absolute atomic E-state index is 5.91. The van der Waals surface area contributed by atoms with Gasteiger partial charge in [-0.1, -0.05) is 35.9 Å². The molecule has 0 atom stereocenters. The van der Waals surface area contributed by atoms with E-state index in [1.54, 1.807) is 0 Å². The monoisotopic (exact) mass is 301 g/mol. The highest BCUT2D eigenvalue weighted by molar-refractivity contribution is 5.92. The molecule has 0 spiro atoms. The Kier molecular flexibility index (Phi) is 3.15. The molecule has 0 aliphatic rings. The maximum Gasteiger partial charge on any atom is 0.248 e. The van der Waals surface area contributed by atoms with Gasteiger partial charge >= 0.3 is 0 Å². The van der Waals surface area contributed by atoms with Gasteiger partial charge in [-0.15, -0.1) is 10.2 Å². The van der Waals surface area contributed by atoms with Crippen LogP contribution in [0.1, 0.15) is 11.3 Å². The van der Waals surface area contributed by atoms with E-state index in [0.29, 0.717) is 11.8 Å². The molecule has 0 saturated heterocycles. The number of aryl methyl sites for hydroxylation is 2. The number of nitrogens with zero attached hydrogens (tertiary/aromatic N) is 3. The minimum absolute atomic E-state index is 0.516. The number of aromatic nitrogens is 3. The third-order valence-corrected chi connectivity index (χ3v) is 3.80. The molecule has 0 saturated carbocycles. The molecule has 2 heterocycles. The summed E-state index contributed by atoms with van der Waals surface area (Å²) < 4.78 is 5.91. The lowest BCUT2D eigenvalue weighted by molar-refractivity contribution is 0.585. The second kappa shape index (κ2) is 5.32. The van der Waals surface area contributed by atoms with Crippen LogP contribution >= 0.6 is 0 Å². The van der Waals surface area contributed by atoms with Gasteiger partial charge in [0.25, 0.3) is 0 Å². The van der Waals surface area contributed by atoms with Gasteiger partial charge in [0.1, 0.15) is 0 Å². The van der Waals surface area contributed by atoms with Crippen molar-refractivity contribution in [3.8, 4) is 22.9 Å². The van der Waals surface area contributed by atoms with Gasteiger partial charge in [-0.25, -0.2) is 0 Å². The number of fused-ring (bicyclic) bond motifs is 1. The van der Waals surface area contributed by atoms with Gasteiger partial charge in [-0.2, -0.15) is 0 Å². The molecule has 23 heavy (non-hydrogen) atoms. The van der Waals surface area contributed by atoms with E-state index in [4.69, 9.17) is 4.42 Å². The van der Waals surface area contributed by atoms with Crippen molar-refractivity contribution in [1.82, 2.24) is 15.2 Å². The van der Waals surface area contributed by atoms with Crippen molar-refractivity contribution in [2.24, 2.45) is 0 Å². The molecule has 0 aliphatic carbocycles. The molecule has 2 aromatic carbocycles. The van der Waals surface area contributed by atoms with E-state index in [9.17, 15) is 0 Å². The minimum atomic E-state index is 0.516. The highest BCUT2D eigenvalue weighted by Gasteiger charge is 2.14. The molecular formula is C19H15N3O. The third-order valence-electron chi connectivity index (χ3n) is 3.80. The van der Waals surface area contributed by atoms with Gasteiger partial charge in [-0.3, -0.25) is 4.98 Å². The van der Waals surface area contributed by atoms with Gasteiger partial charge in [0.05, 0.1) is 11.1 Å². The molecule has 0 fully saturated rings. The van der Waals surface area contributed by atoms with E-state index in [1.165, 1.54) is 5.56 Å². The van der Waals surface area contributed by atoms with Crippen LogP contribution in [0.2, 0.25) is 0 Å². The topological polar surface area (TPSA) is 51.8 Å². The summed E-state index contributed by atoms with van der Waals surface area (Å²) >= 11 is 0. The van der Waals surface area contributed by atoms with Crippen molar-refractivity contribution in [3.05, 3.63) is 65.9 Å². The second-order valence-corrected chi connectivity index (χ2v) is 5.61. The molecule has 4 rings (SSSR count). The van der Waals surface area contributed by atoms with Crippen LogP contribution < -0.4 is 0 Å². The smallest absolute Gasteiger partial charge is 0.248 e. The quantitative estimate of drug-likeness (QED) is 0.544. The number of pyridine rings is 1. The fourth-order valence-electron chi connectivity index (χ4n) is 2.63. The lowest BCUT2D eigenvalue weighted by atomic mass is 10.1. The van der Waals surface area contributed by atoms with Crippen molar-refractivity contribution in [2.75, 3.05) is 0 Å². The van der Waals surface area contributed by atoms with Gasteiger partial charge in [0.2, 0.25) is 11.8 Å². The van der Waals surface area contributed by atoms with Crippen molar-refractivity contribution in [1.29, 1.82) is 0 Å². The van der Waals surface area contributed by atoms with Crippen molar-refractivity contribution in [2.45, 2.75) is 13.8 Å². The summed E-state index contributed by atoms with van der Waals surface area (Å²) in [6, 6.07) is 18.0. The summed E-state index contributed by atoms with van der Waals surface area (Å²) in [6.07, 6.45) is 0. The van der Waals surface area contributed by atoms with E-state index in [-0.39, 0.29) is 0 Å². The van der Waals surface area contributed by atoms with Crippen LogP contribution in [0.5, 0.6) is 0 Å². The Morgan fingerprint density at radius 2 is 1.57 bits per heavy atom. The summed E-state index contributed by atoms with van der Waals surface area (Å²) in [6.45, 7) is 4.02. The van der Waals surface area contributed by atoms with Gasteiger partial charge < -0.3 is 4.42 Å². The Morgan fingerprint density at radius 1 is 0.826 bits per heavy atom. The van der Waals surface area contributed by atoms with Crippen molar-refractivity contribution in [3.63, 3.8) is 0 Å². The Morgan fingerprint density at radius 3 is 2.39 bits per heavy atom. The van der Waals surface area contributed by atoms with Crippen molar-refractivity contribution >= 4 is 10.9 Å². The van der Waals surface area contributed by atoms with E-state index in [1.807, 2.05) is 61.5 Å². The third kappa shape index (κ3) is 2.48. The lowest BCUT2D eigenvalue weighted by Crippen LogP contribution is -1.88. The summed E-state index contributed by atoms with van der Waals surface area (Å²) in [7, 11) is 0. The summed E-state index contributed by atoms with van der Waals surface area (Å²) in [4.78, 5) is 4.55. The predicted molar refractivity (Wildman–Crippen MR) is 89.9 cm³/mol. The van der Waals surface area contributed by atoms with Crippen LogP contribution in [-0.2, 0) is 0 Å². The van der Waals surface area contributed by atoms with Gasteiger partial charge in [0.15, 0.2) is 0 Å². The molecule has 0 amide bonds. The fraction of sp³-hybridized carbons (Fsp3) is 0.105. The van der Waals surface area contributed by atoms with Crippen LogP contribution in [0.4, 0.5) is 0 Å². The number of benzene rings is 2. The molecule has 4 aromatic rings. The van der Waals surface area contributed by atoms with E-state index in [2.05, 4.69) is 22.1 Å². The molecule has 0 radical (unpaired) electrons. The average molecular weight is 301 g/mol. The Balaban J connectivity index is 1.85. The summed E-state index contributed by atoms with van der Waals surface area (Å²) in [5.41, 5.74) is 4.89. The highest BCUT2D eigenvalue weighted by Crippen LogP contribution is 2.29. The first-order chi connectivity index (χ1) is 11.2. The lowest BCUT2D eigenvalue weighted by Gasteiger charge is -2.04. The van der Waals surface area contributed by atoms with E-state index < -0.39 is 0 Å². The first kappa shape index (κ1) is 13.6. The molecule has 0 aliphatic heterocycles. The predicted octanol–water partition coefficient (Wildman–Crippen LogP) is 4.57. The zero-order chi connectivity index (χ0) is 15.8. The van der Waals surface area contributed by atoms with Crippen LogP contribution in [0, 0.1) is 13.8 Å². The standard InChI is InChI=1S/C19H15N3O/c1-12-7-9-14(10-8-12)18-21-22-19(23-18)16-11-13(2)20-17-6-4-3-5-15(16)17/h3-11H,1-2H3. The van der Waals surface area contributed by atoms with Crippen LogP contribution in [-0.4, -0.2) is 15.2 Å². The highest BCUT2D eigenvalue weighted by atomic mass is 16.4. The Hall–Kier alpha value is -3.01. The molecule has 112 valence electrons. The van der Waals surface area contributed by atoms with Gasteiger partial charge in [0, 0.05) is 16.6 Å². The molecule has 4 heteroatoms. The maximum atomic E-state index is 5.91. The largest absolute Gasteiger partial charge is 0.416 e. The van der Waals surface area contributed by atoms with Crippen LogP contribution in [0.3, 0.4) is 0 Å². The number of hydrogen-bond donors (Lipinski definition) is 0. The fourth-order valence-corrected chi connectivity index (χ4v) is 2.63. The van der Waals surface area contributed by atoms with Crippen molar-refractivity contribution < 1.29 is 4.42 Å². The molecule has 2 aromatic heterocycles. The average Bonchev–Trinajstić information content (AvgIpc) is 3.04. The second-order valence-electron chi connectivity index (χ2n) is 5.61.